The summed E-state index contributed by atoms with van der Waals surface area (Å²) in [7, 11) is 0. The van der Waals surface area contributed by atoms with Crippen LogP contribution in [0.2, 0.25) is 0 Å². The fourth-order valence-electron chi connectivity index (χ4n) is 6.51. The van der Waals surface area contributed by atoms with E-state index in [1.807, 2.05) is 95.4 Å². The second kappa shape index (κ2) is 8.11. The van der Waals surface area contributed by atoms with Gasteiger partial charge in [0.2, 0.25) is 5.91 Å². The maximum absolute atomic E-state index is 14.5. The molecule has 1 saturated heterocycles. The van der Waals surface area contributed by atoms with Gasteiger partial charge in [-0.2, -0.15) is 0 Å². The molecule has 6 heteroatoms. The first-order chi connectivity index (χ1) is 18.1. The topological polar surface area (TPSA) is 66.5 Å². The summed E-state index contributed by atoms with van der Waals surface area (Å²) in [4.78, 5) is 45.6. The van der Waals surface area contributed by atoms with Crippen molar-refractivity contribution >= 4 is 40.6 Å². The van der Waals surface area contributed by atoms with Gasteiger partial charge in [0.05, 0.1) is 16.8 Å². The number of para-hydroxylation sites is 1. The molecular weight excluding hydrogens is 480 g/mol. The first-order valence-corrected chi connectivity index (χ1v) is 13.1. The summed E-state index contributed by atoms with van der Waals surface area (Å²) in [5, 5.41) is 4.93. The van der Waals surface area contributed by atoms with Crippen molar-refractivity contribution in [2.45, 2.75) is 17.5 Å². The van der Waals surface area contributed by atoms with Gasteiger partial charge in [0, 0.05) is 17.5 Å². The molecule has 4 heterocycles. The van der Waals surface area contributed by atoms with E-state index in [9.17, 15) is 14.4 Å². The van der Waals surface area contributed by atoms with E-state index in [-0.39, 0.29) is 17.5 Å². The number of nitrogens with zero attached hydrogens (tertiary/aromatic N) is 1. The van der Waals surface area contributed by atoms with Crippen molar-refractivity contribution in [3.05, 3.63) is 130 Å². The highest BCUT2D eigenvalue weighted by molar-refractivity contribution is 7.12. The molecule has 3 aliphatic heterocycles. The monoisotopic (exact) mass is 502 g/mol. The lowest BCUT2D eigenvalue weighted by atomic mass is 9.63. The fraction of sp³-hybridized carbons (Fsp3) is 0.129. The number of benzene rings is 3. The van der Waals surface area contributed by atoms with Crippen LogP contribution < -0.4 is 5.32 Å². The van der Waals surface area contributed by atoms with E-state index in [2.05, 4.69) is 5.32 Å². The van der Waals surface area contributed by atoms with Gasteiger partial charge < -0.3 is 10.2 Å². The number of carbonyl (C=O) groups excluding carboxylic acids is 3. The third kappa shape index (κ3) is 2.93. The van der Waals surface area contributed by atoms with E-state index in [0.29, 0.717) is 16.1 Å². The molecule has 4 aromatic rings. The summed E-state index contributed by atoms with van der Waals surface area (Å²) < 4.78 is 0. The zero-order chi connectivity index (χ0) is 25.1. The Kier molecular flexibility index (Phi) is 4.81. The quantitative estimate of drug-likeness (QED) is 0.362. The Morgan fingerprint density at radius 1 is 0.838 bits per heavy atom. The van der Waals surface area contributed by atoms with Crippen LogP contribution in [0.4, 0.5) is 5.69 Å². The highest BCUT2D eigenvalue weighted by Gasteiger charge is 2.70. The second-order valence-electron chi connectivity index (χ2n) is 9.66. The van der Waals surface area contributed by atoms with Crippen LogP contribution in [-0.2, 0) is 10.2 Å². The molecular formula is C31H22N2O3S. The summed E-state index contributed by atoms with van der Waals surface area (Å²) >= 11 is 1.34. The molecule has 7 rings (SSSR count). The fourth-order valence-corrected chi connectivity index (χ4v) is 7.22. The predicted octanol–water partition coefficient (Wildman–Crippen LogP) is 5.73. The minimum absolute atomic E-state index is 0.168. The normalized spacial score (nSPS) is 24.9. The number of carbonyl (C=O) groups is 3. The third-order valence-electron chi connectivity index (χ3n) is 7.94. The van der Waals surface area contributed by atoms with Crippen LogP contribution in [0.3, 0.4) is 0 Å². The predicted molar refractivity (Wildman–Crippen MR) is 144 cm³/mol. The lowest BCUT2D eigenvalue weighted by Gasteiger charge is -2.38. The second-order valence-corrected chi connectivity index (χ2v) is 10.6. The molecule has 37 heavy (non-hydrogen) atoms. The zero-order valence-electron chi connectivity index (χ0n) is 19.7. The number of anilines is 1. The Hall–Kier alpha value is -4.29. The summed E-state index contributed by atoms with van der Waals surface area (Å²) in [6, 6.07) is 26.8. The van der Waals surface area contributed by atoms with Crippen molar-refractivity contribution in [3.63, 3.8) is 0 Å². The maximum Gasteiger partial charge on any atom is 0.238 e. The molecule has 0 saturated carbocycles. The number of nitrogens with one attached hydrogen (secondary N) is 1. The molecule has 0 bridgehead atoms. The molecule has 5 nitrogen and oxygen atoms in total. The van der Waals surface area contributed by atoms with E-state index >= 15 is 0 Å². The zero-order valence-corrected chi connectivity index (χ0v) is 20.5. The molecule has 1 fully saturated rings. The van der Waals surface area contributed by atoms with Gasteiger partial charge in [-0.1, -0.05) is 78.9 Å². The van der Waals surface area contributed by atoms with Crippen LogP contribution in [0.25, 0.3) is 6.08 Å². The van der Waals surface area contributed by atoms with Crippen molar-refractivity contribution in [1.29, 1.82) is 0 Å². The summed E-state index contributed by atoms with van der Waals surface area (Å²) in [6.45, 7) is 0. The van der Waals surface area contributed by atoms with Gasteiger partial charge >= 0.3 is 0 Å². The van der Waals surface area contributed by atoms with E-state index in [0.717, 1.165) is 16.7 Å². The average Bonchev–Trinajstić information content (AvgIpc) is 3.65. The molecule has 0 radical (unpaired) electrons. The number of thiophene rings is 1. The minimum atomic E-state index is -1.28. The highest BCUT2D eigenvalue weighted by atomic mass is 32.1. The standard InChI is InChI=1S/C31H22N2O3S/c34-27(20-10-2-1-3-11-20)26-25(28(35)24-15-8-18-37-24)31(22-13-6-7-14-23(22)32-30(31)36)29-21-12-5-4-9-19(21)16-17-33(26)29/h1-18,25-26,29H,(H,32,36)/t25-,26-,29+,31+/m0/s1. The minimum Gasteiger partial charge on any atom is -0.358 e. The molecule has 1 aromatic heterocycles. The largest absolute Gasteiger partial charge is 0.358 e. The van der Waals surface area contributed by atoms with Gasteiger partial charge in [-0.3, -0.25) is 14.4 Å². The number of Topliss-reactive ketones (excluding diaryl/α,β-unsaturated/α-hetero) is 2. The van der Waals surface area contributed by atoms with Crippen LogP contribution in [0, 0.1) is 5.92 Å². The van der Waals surface area contributed by atoms with Gasteiger partial charge in [0.15, 0.2) is 11.6 Å². The lowest BCUT2D eigenvalue weighted by molar-refractivity contribution is -0.122. The van der Waals surface area contributed by atoms with Crippen molar-refractivity contribution in [3.8, 4) is 0 Å². The molecule has 1 N–H and O–H groups in total. The Morgan fingerprint density at radius 3 is 2.41 bits per heavy atom. The Balaban J connectivity index is 1.55. The van der Waals surface area contributed by atoms with Crippen molar-refractivity contribution in [2.75, 3.05) is 5.32 Å². The summed E-state index contributed by atoms with van der Waals surface area (Å²) in [5.74, 6) is -1.52. The van der Waals surface area contributed by atoms with Crippen LogP contribution in [0.15, 0.2) is 103 Å². The van der Waals surface area contributed by atoms with E-state index in [1.54, 1.807) is 18.2 Å². The van der Waals surface area contributed by atoms with E-state index < -0.39 is 23.4 Å². The molecule has 180 valence electrons. The molecule has 0 unspecified atom stereocenters. The number of hydrogen-bond donors (Lipinski definition) is 1. The Morgan fingerprint density at radius 2 is 1.59 bits per heavy atom. The van der Waals surface area contributed by atoms with Gasteiger partial charge in [0.25, 0.3) is 0 Å². The first kappa shape index (κ1) is 21.9. The molecule has 0 aliphatic carbocycles. The van der Waals surface area contributed by atoms with Gasteiger partial charge in [-0.05, 0) is 40.3 Å². The number of hydrogen-bond acceptors (Lipinski definition) is 5. The molecule has 3 aromatic carbocycles. The van der Waals surface area contributed by atoms with Gasteiger partial charge in [-0.15, -0.1) is 11.3 Å². The first-order valence-electron chi connectivity index (χ1n) is 12.2. The van der Waals surface area contributed by atoms with Crippen LogP contribution in [-0.4, -0.2) is 28.4 Å². The van der Waals surface area contributed by atoms with Crippen molar-refractivity contribution in [2.24, 2.45) is 5.92 Å². The maximum atomic E-state index is 14.5. The number of ketones is 2. The highest BCUT2D eigenvalue weighted by Crippen LogP contribution is 2.62. The summed E-state index contributed by atoms with van der Waals surface area (Å²) in [5.41, 5.74) is 2.61. The lowest BCUT2D eigenvalue weighted by Crippen LogP contribution is -2.49. The van der Waals surface area contributed by atoms with E-state index in [4.69, 9.17) is 0 Å². The number of rotatable bonds is 4. The number of fused-ring (bicyclic) bond motifs is 6. The van der Waals surface area contributed by atoms with Crippen LogP contribution in [0.5, 0.6) is 0 Å². The van der Waals surface area contributed by atoms with Gasteiger partial charge in [0.1, 0.15) is 11.5 Å². The smallest absolute Gasteiger partial charge is 0.238 e. The van der Waals surface area contributed by atoms with E-state index in [1.165, 1.54) is 11.3 Å². The molecule has 3 aliphatic rings. The Labute approximate surface area is 218 Å². The van der Waals surface area contributed by atoms with Crippen LogP contribution in [0.1, 0.15) is 42.8 Å². The van der Waals surface area contributed by atoms with Crippen LogP contribution >= 0.6 is 11.3 Å². The van der Waals surface area contributed by atoms with Crippen molar-refractivity contribution < 1.29 is 14.4 Å². The van der Waals surface area contributed by atoms with Crippen molar-refractivity contribution in [1.82, 2.24) is 4.90 Å². The average molecular weight is 503 g/mol. The molecule has 1 amide bonds. The number of amides is 1. The van der Waals surface area contributed by atoms with Gasteiger partial charge in [-0.25, -0.2) is 0 Å². The Bertz CT molecular complexity index is 1590. The third-order valence-corrected chi connectivity index (χ3v) is 8.83. The summed E-state index contributed by atoms with van der Waals surface area (Å²) in [6.07, 6.45) is 3.87. The molecule has 1 spiro atoms. The molecule has 4 atom stereocenters. The SMILES string of the molecule is O=C(c1ccccc1)[C@@H]1[C@@H](C(=O)c2cccs2)[C@@]2(C(=O)Nc3ccccc32)[C@H]2c3ccccc3C=CN12.